The van der Waals surface area contributed by atoms with Crippen molar-refractivity contribution in [1.29, 1.82) is 0 Å². The summed E-state index contributed by atoms with van der Waals surface area (Å²) < 4.78 is 5.55. The van der Waals surface area contributed by atoms with Crippen LogP contribution in [0, 0.1) is 0 Å². The number of halogens is 1. The summed E-state index contributed by atoms with van der Waals surface area (Å²) in [4.78, 5) is 7.74. The summed E-state index contributed by atoms with van der Waals surface area (Å²) in [6, 6.07) is 9.88. The van der Waals surface area contributed by atoms with Gasteiger partial charge in [0, 0.05) is 11.8 Å². The summed E-state index contributed by atoms with van der Waals surface area (Å²) in [6.45, 7) is 2.58. The van der Waals surface area contributed by atoms with Gasteiger partial charge >= 0.3 is 0 Å². The first-order chi connectivity index (χ1) is 9.67. The molecule has 0 amide bonds. The van der Waals surface area contributed by atoms with Crippen LogP contribution >= 0.6 is 23.4 Å². The molecule has 106 valence electrons. The van der Waals surface area contributed by atoms with Crippen LogP contribution in [0.15, 0.2) is 30.3 Å². The number of nitrogen functional groups attached to an aromatic ring is 1. The Morgan fingerprint density at radius 3 is 2.55 bits per heavy atom. The molecule has 0 radical (unpaired) electrons. The minimum Gasteiger partial charge on any atom is -0.473 e. The highest BCUT2D eigenvalue weighted by Gasteiger charge is 2.02. The van der Waals surface area contributed by atoms with Crippen LogP contribution < -0.4 is 10.5 Å². The van der Waals surface area contributed by atoms with E-state index in [1.54, 1.807) is 6.07 Å². The van der Waals surface area contributed by atoms with Crippen LogP contribution in [0.3, 0.4) is 0 Å². The molecule has 0 fully saturated rings. The van der Waals surface area contributed by atoms with E-state index >= 15 is 0 Å². The van der Waals surface area contributed by atoms with Crippen molar-refractivity contribution in [2.45, 2.75) is 19.3 Å². The largest absolute Gasteiger partial charge is 0.473 e. The van der Waals surface area contributed by atoms with Gasteiger partial charge in [-0.05, 0) is 16.9 Å². The molecule has 2 rings (SSSR count). The number of ether oxygens (including phenoxy) is 1. The summed E-state index contributed by atoms with van der Waals surface area (Å²) in [7, 11) is 0. The Kier molecular flexibility index (Phi) is 5.49. The fraction of sp³-hybridized carbons (Fsp3) is 0.286. The zero-order valence-corrected chi connectivity index (χ0v) is 12.7. The van der Waals surface area contributed by atoms with Crippen molar-refractivity contribution in [3.63, 3.8) is 0 Å². The molecule has 0 unspecified atom stereocenters. The maximum absolute atomic E-state index is 5.79. The summed E-state index contributed by atoms with van der Waals surface area (Å²) in [5.41, 5.74) is 7.89. The van der Waals surface area contributed by atoms with Crippen LogP contribution in [0.4, 0.5) is 5.95 Å². The topological polar surface area (TPSA) is 61.0 Å². The molecule has 1 heterocycles. The van der Waals surface area contributed by atoms with E-state index in [-0.39, 0.29) is 11.1 Å². The molecule has 0 saturated heterocycles. The van der Waals surface area contributed by atoms with Crippen molar-refractivity contribution in [3.8, 4) is 5.88 Å². The van der Waals surface area contributed by atoms with Crippen LogP contribution in [-0.4, -0.2) is 15.7 Å². The molecule has 0 atom stereocenters. The van der Waals surface area contributed by atoms with E-state index in [4.69, 9.17) is 22.1 Å². The van der Waals surface area contributed by atoms with E-state index < -0.39 is 0 Å². The quantitative estimate of drug-likeness (QED) is 0.827. The fourth-order valence-corrected chi connectivity index (χ4v) is 2.41. The van der Waals surface area contributed by atoms with Crippen molar-refractivity contribution in [2.75, 3.05) is 11.5 Å². The Hall–Kier alpha value is -1.46. The minimum absolute atomic E-state index is 0.111. The number of benzene rings is 1. The molecule has 6 heteroatoms. The van der Waals surface area contributed by atoms with Gasteiger partial charge in [0.15, 0.2) is 0 Å². The van der Waals surface area contributed by atoms with E-state index in [0.717, 1.165) is 17.1 Å². The van der Waals surface area contributed by atoms with Gasteiger partial charge in [-0.3, -0.25) is 0 Å². The lowest BCUT2D eigenvalue weighted by Gasteiger charge is -2.07. The number of hydrogen-bond acceptors (Lipinski definition) is 5. The highest BCUT2D eigenvalue weighted by molar-refractivity contribution is 7.98. The Morgan fingerprint density at radius 1 is 1.20 bits per heavy atom. The molecule has 2 N–H and O–H groups in total. The zero-order chi connectivity index (χ0) is 14.4. The monoisotopic (exact) mass is 309 g/mol. The van der Waals surface area contributed by atoms with Gasteiger partial charge in [-0.15, -0.1) is 0 Å². The summed E-state index contributed by atoms with van der Waals surface area (Å²) in [5, 5.41) is 0.277. The second kappa shape index (κ2) is 7.36. The van der Waals surface area contributed by atoms with Crippen molar-refractivity contribution in [1.82, 2.24) is 9.97 Å². The SMILES string of the molecule is CCSCc1ccc(COc2cc(Cl)nc(N)n2)cc1. The number of rotatable bonds is 6. The first-order valence-electron chi connectivity index (χ1n) is 6.26. The van der Waals surface area contributed by atoms with Crippen molar-refractivity contribution < 1.29 is 4.74 Å². The van der Waals surface area contributed by atoms with Gasteiger partial charge in [0.2, 0.25) is 11.8 Å². The van der Waals surface area contributed by atoms with Crippen LogP contribution in [0.5, 0.6) is 5.88 Å². The lowest BCUT2D eigenvalue weighted by Crippen LogP contribution is -2.01. The number of aromatic nitrogens is 2. The summed E-state index contributed by atoms with van der Waals surface area (Å²) in [6.07, 6.45) is 0. The third-order valence-electron chi connectivity index (χ3n) is 2.57. The molecule has 0 bridgehead atoms. The lowest BCUT2D eigenvalue weighted by molar-refractivity contribution is 0.294. The predicted molar refractivity (Wildman–Crippen MR) is 84.1 cm³/mol. The van der Waals surface area contributed by atoms with Crippen molar-refractivity contribution >= 4 is 29.3 Å². The van der Waals surface area contributed by atoms with Gasteiger partial charge in [-0.1, -0.05) is 42.8 Å². The first-order valence-corrected chi connectivity index (χ1v) is 7.79. The highest BCUT2D eigenvalue weighted by Crippen LogP contribution is 2.17. The van der Waals surface area contributed by atoms with Crippen molar-refractivity contribution in [3.05, 3.63) is 46.6 Å². The van der Waals surface area contributed by atoms with Crippen LogP contribution in [0.2, 0.25) is 5.15 Å². The Bertz CT molecular complexity index is 543. The maximum atomic E-state index is 5.79. The van der Waals surface area contributed by atoms with Gasteiger partial charge in [-0.2, -0.15) is 16.7 Å². The molecule has 1 aromatic heterocycles. The zero-order valence-electron chi connectivity index (χ0n) is 11.2. The van der Waals surface area contributed by atoms with E-state index in [0.29, 0.717) is 12.5 Å². The smallest absolute Gasteiger partial charge is 0.224 e. The third-order valence-corrected chi connectivity index (χ3v) is 3.71. The van der Waals surface area contributed by atoms with Crippen molar-refractivity contribution in [2.24, 2.45) is 0 Å². The first kappa shape index (κ1) is 14.9. The molecule has 0 aliphatic rings. The third kappa shape index (κ3) is 4.58. The molecule has 0 saturated carbocycles. The van der Waals surface area contributed by atoms with Crippen LogP contribution in [0.25, 0.3) is 0 Å². The average molecular weight is 310 g/mol. The Morgan fingerprint density at radius 2 is 1.90 bits per heavy atom. The van der Waals surface area contributed by atoms with E-state index in [1.165, 1.54) is 5.56 Å². The number of nitrogens with two attached hydrogens (primary N) is 1. The number of nitrogens with zero attached hydrogens (tertiary/aromatic N) is 2. The molecule has 0 aliphatic heterocycles. The summed E-state index contributed by atoms with van der Waals surface area (Å²) in [5.74, 6) is 2.66. The normalized spacial score (nSPS) is 10.5. The van der Waals surface area contributed by atoms with Gasteiger partial charge in [0.25, 0.3) is 0 Å². The number of hydrogen-bond donors (Lipinski definition) is 1. The molecule has 20 heavy (non-hydrogen) atoms. The van der Waals surface area contributed by atoms with Gasteiger partial charge in [0.05, 0.1) is 0 Å². The van der Waals surface area contributed by atoms with E-state index in [2.05, 4.69) is 41.2 Å². The molecular formula is C14H16ClN3OS. The average Bonchev–Trinajstić information content (AvgIpc) is 2.43. The fourth-order valence-electron chi connectivity index (χ4n) is 1.60. The lowest BCUT2D eigenvalue weighted by atomic mass is 10.2. The number of anilines is 1. The van der Waals surface area contributed by atoms with Gasteiger partial charge in [0.1, 0.15) is 11.8 Å². The Labute approximate surface area is 127 Å². The minimum atomic E-state index is 0.111. The highest BCUT2D eigenvalue weighted by atomic mass is 35.5. The molecule has 1 aromatic carbocycles. The van der Waals surface area contributed by atoms with Gasteiger partial charge < -0.3 is 10.5 Å². The molecule has 0 spiro atoms. The second-order valence-electron chi connectivity index (χ2n) is 4.13. The van der Waals surface area contributed by atoms with E-state index in [9.17, 15) is 0 Å². The van der Waals surface area contributed by atoms with E-state index in [1.807, 2.05) is 11.8 Å². The van der Waals surface area contributed by atoms with Crippen LogP contribution in [-0.2, 0) is 12.4 Å². The molecular weight excluding hydrogens is 294 g/mol. The summed E-state index contributed by atoms with van der Waals surface area (Å²) >= 11 is 7.69. The predicted octanol–water partition coefficient (Wildman–Crippen LogP) is 3.54. The number of thioether (sulfide) groups is 1. The molecule has 2 aromatic rings. The van der Waals surface area contributed by atoms with Crippen LogP contribution in [0.1, 0.15) is 18.1 Å². The van der Waals surface area contributed by atoms with Gasteiger partial charge in [-0.25, -0.2) is 4.98 Å². The Balaban J connectivity index is 1.93. The standard InChI is InChI=1S/C14H16ClN3OS/c1-2-20-9-11-5-3-10(4-6-11)8-19-13-7-12(15)17-14(16)18-13/h3-7H,2,8-9H2,1H3,(H2,16,17,18). The second-order valence-corrected chi connectivity index (χ2v) is 5.79. The maximum Gasteiger partial charge on any atom is 0.224 e. The molecule has 0 aliphatic carbocycles. The molecule has 4 nitrogen and oxygen atoms in total.